The quantitative estimate of drug-likeness (QED) is 0.676. The normalized spacial score (nSPS) is 10.8. The standard InChI is InChI=1S/C8H7ClN2O/c1-11-7-5(8(9)10-11)3-2-4-6(7)12/h2-4,12H,1H3. The van der Waals surface area contributed by atoms with Crippen LogP contribution in [0.4, 0.5) is 0 Å². The number of phenolic OH excluding ortho intramolecular Hbond substituents is 1. The van der Waals surface area contributed by atoms with Crippen molar-refractivity contribution in [2.24, 2.45) is 7.05 Å². The van der Waals surface area contributed by atoms with Gasteiger partial charge in [0.1, 0.15) is 11.3 Å². The average Bonchev–Trinajstić information content (AvgIpc) is 2.29. The lowest BCUT2D eigenvalue weighted by Gasteiger charge is -1.95. The molecule has 1 aromatic heterocycles. The van der Waals surface area contributed by atoms with E-state index < -0.39 is 0 Å². The number of nitrogens with zero attached hydrogens (tertiary/aromatic N) is 2. The number of halogens is 1. The van der Waals surface area contributed by atoms with Crippen molar-refractivity contribution in [2.45, 2.75) is 0 Å². The van der Waals surface area contributed by atoms with E-state index >= 15 is 0 Å². The molecule has 1 heterocycles. The van der Waals surface area contributed by atoms with E-state index in [1.165, 1.54) is 0 Å². The highest BCUT2D eigenvalue weighted by Gasteiger charge is 2.08. The SMILES string of the molecule is Cn1nc(Cl)c2cccc(O)c21. The molecule has 0 atom stereocenters. The summed E-state index contributed by atoms with van der Waals surface area (Å²) in [5.74, 6) is 0.203. The van der Waals surface area contributed by atoms with E-state index in [4.69, 9.17) is 11.6 Å². The molecule has 1 N–H and O–H groups in total. The van der Waals surface area contributed by atoms with E-state index in [9.17, 15) is 5.11 Å². The van der Waals surface area contributed by atoms with Crippen molar-refractivity contribution >= 4 is 22.5 Å². The van der Waals surface area contributed by atoms with Crippen molar-refractivity contribution in [3.8, 4) is 5.75 Å². The van der Waals surface area contributed by atoms with Crippen molar-refractivity contribution in [1.82, 2.24) is 9.78 Å². The number of fused-ring (bicyclic) bond motifs is 1. The number of benzene rings is 1. The second kappa shape index (κ2) is 2.38. The van der Waals surface area contributed by atoms with Crippen molar-refractivity contribution in [3.63, 3.8) is 0 Å². The van der Waals surface area contributed by atoms with Gasteiger partial charge in [-0.15, -0.1) is 0 Å². The molecule has 0 spiro atoms. The third kappa shape index (κ3) is 0.865. The van der Waals surface area contributed by atoms with Gasteiger partial charge in [0, 0.05) is 12.4 Å². The van der Waals surface area contributed by atoms with Gasteiger partial charge in [-0.25, -0.2) is 0 Å². The third-order valence-corrected chi connectivity index (χ3v) is 2.08. The Balaban J connectivity index is 2.99. The first-order chi connectivity index (χ1) is 5.70. The summed E-state index contributed by atoms with van der Waals surface area (Å²) < 4.78 is 1.56. The van der Waals surface area contributed by atoms with Gasteiger partial charge < -0.3 is 5.11 Å². The lowest BCUT2D eigenvalue weighted by molar-refractivity contribution is 0.478. The lowest BCUT2D eigenvalue weighted by atomic mass is 10.2. The van der Waals surface area contributed by atoms with Gasteiger partial charge in [-0.05, 0) is 12.1 Å². The topological polar surface area (TPSA) is 38.0 Å². The van der Waals surface area contributed by atoms with Crippen LogP contribution in [0.1, 0.15) is 0 Å². The summed E-state index contributed by atoms with van der Waals surface area (Å²) in [4.78, 5) is 0. The van der Waals surface area contributed by atoms with Crippen LogP contribution in [0.25, 0.3) is 10.9 Å². The highest BCUT2D eigenvalue weighted by Crippen LogP contribution is 2.28. The molecule has 0 bridgehead atoms. The number of rotatable bonds is 0. The van der Waals surface area contributed by atoms with Gasteiger partial charge in [0.2, 0.25) is 0 Å². The van der Waals surface area contributed by atoms with E-state index in [1.807, 2.05) is 6.07 Å². The molecule has 0 radical (unpaired) electrons. The van der Waals surface area contributed by atoms with Gasteiger partial charge in [-0.3, -0.25) is 4.68 Å². The van der Waals surface area contributed by atoms with Crippen molar-refractivity contribution in [1.29, 1.82) is 0 Å². The van der Waals surface area contributed by atoms with Crippen LogP contribution in [-0.2, 0) is 7.05 Å². The predicted octanol–water partition coefficient (Wildman–Crippen LogP) is 1.93. The molecule has 2 rings (SSSR count). The van der Waals surface area contributed by atoms with Crippen molar-refractivity contribution in [3.05, 3.63) is 23.4 Å². The highest BCUT2D eigenvalue weighted by molar-refractivity contribution is 6.34. The number of hydrogen-bond donors (Lipinski definition) is 1. The van der Waals surface area contributed by atoms with Crippen molar-refractivity contribution < 1.29 is 5.11 Å². The van der Waals surface area contributed by atoms with Crippen LogP contribution in [0.5, 0.6) is 5.75 Å². The Morgan fingerprint density at radius 2 is 2.25 bits per heavy atom. The molecular formula is C8H7ClN2O. The van der Waals surface area contributed by atoms with E-state index in [-0.39, 0.29) is 5.75 Å². The van der Waals surface area contributed by atoms with Gasteiger partial charge in [-0.1, -0.05) is 17.7 Å². The zero-order chi connectivity index (χ0) is 8.72. The van der Waals surface area contributed by atoms with Crippen LogP contribution in [-0.4, -0.2) is 14.9 Å². The fourth-order valence-electron chi connectivity index (χ4n) is 1.27. The van der Waals surface area contributed by atoms with Crippen LogP contribution in [0.3, 0.4) is 0 Å². The molecule has 0 saturated heterocycles. The summed E-state index contributed by atoms with van der Waals surface area (Å²) in [7, 11) is 1.74. The fraction of sp³-hybridized carbons (Fsp3) is 0.125. The lowest BCUT2D eigenvalue weighted by Crippen LogP contribution is -1.88. The van der Waals surface area contributed by atoms with Crippen LogP contribution in [0.15, 0.2) is 18.2 Å². The zero-order valence-electron chi connectivity index (χ0n) is 6.45. The van der Waals surface area contributed by atoms with Gasteiger partial charge >= 0.3 is 0 Å². The molecule has 0 aliphatic rings. The van der Waals surface area contributed by atoms with E-state index in [0.717, 1.165) is 5.39 Å². The first kappa shape index (κ1) is 7.43. The van der Waals surface area contributed by atoms with Crippen LogP contribution in [0.2, 0.25) is 5.15 Å². The number of aromatic nitrogens is 2. The summed E-state index contributed by atoms with van der Waals surface area (Å²) in [6.07, 6.45) is 0. The van der Waals surface area contributed by atoms with Crippen LogP contribution >= 0.6 is 11.6 Å². The maximum atomic E-state index is 9.45. The molecule has 62 valence electrons. The predicted molar refractivity (Wildman–Crippen MR) is 47.4 cm³/mol. The molecule has 2 aromatic rings. The largest absolute Gasteiger partial charge is 0.506 e. The molecule has 0 amide bonds. The first-order valence-corrected chi connectivity index (χ1v) is 3.88. The minimum atomic E-state index is 0.203. The van der Waals surface area contributed by atoms with Gasteiger partial charge in [0.25, 0.3) is 0 Å². The maximum Gasteiger partial charge on any atom is 0.159 e. The molecule has 0 unspecified atom stereocenters. The molecule has 0 saturated carbocycles. The minimum absolute atomic E-state index is 0.203. The van der Waals surface area contributed by atoms with Crippen molar-refractivity contribution in [2.75, 3.05) is 0 Å². The highest BCUT2D eigenvalue weighted by atomic mass is 35.5. The van der Waals surface area contributed by atoms with Crippen LogP contribution in [0, 0.1) is 0 Å². The van der Waals surface area contributed by atoms with Crippen LogP contribution < -0.4 is 0 Å². The Morgan fingerprint density at radius 1 is 1.50 bits per heavy atom. The molecule has 1 aromatic carbocycles. The monoisotopic (exact) mass is 182 g/mol. The summed E-state index contributed by atoms with van der Waals surface area (Å²) in [5.41, 5.74) is 0.669. The number of phenols is 1. The number of para-hydroxylation sites is 1. The number of aryl methyl sites for hydroxylation is 1. The number of aromatic hydroxyl groups is 1. The second-order valence-electron chi connectivity index (χ2n) is 2.59. The number of hydrogen-bond acceptors (Lipinski definition) is 2. The minimum Gasteiger partial charge on any atom is -0.506 e. The Hall–Kier alpha value is -1.22. The molecular weight excluding hydrogens is 176 g/mol. The van der Waals surface area contributed by atoms with Gasteiger partial charge in [-0.2, -0.15) is 5.10 Å². The molecule has 4 heteroatoms. The Morgan fingerprint density at radius 3 is 2.92 bits per heavy atom. The molecule has 0 fully saturated rings. The summed E-state index contributed by atoms with van der Waals surface area (Å²) in [6, 6.07) is 5.18. The fourth-order valence-corrected chi connectivity index (χ4v) is 1.54. The van der Waals surface area contributed by atoms with E-state index in [0.29, 0.717) is 10.7 Å². The maximum absolute atomic E-state index is 9.45. The second-order valence-corrected chi connectivity index (χ2v) is 2.95. The van der Waals surface area contributed by atoms with E-state index in [2.05, 4.69) is 5.10 Å². The smallest absolute Gasteiger partial charge is 0.159 e. The Labute approximate surface area is 74.2 Å². The zero-order valence-corrected chi connectivity index (χ0v) is 7.21. The van der Waals surface area contributed by atoms with Gasteiger partial charge in [0.05, 0.1) is 0 Å². The summed E-state index contributed by atoms with van der Waals surface area (Å²) in [5, 5.41) is 14.6. The average molecular weight is 183 g/mol. The molecule has 0 aliphatic heterocycles. The Kier molecular flexibility index (Phi) is 1.48. The molecule has 3 nitrogen and oxygen atoms in total. The Bertz CT molecular complexity index is 436. The summed E-state index contributed by atoms with van der Waals surface area (Å²) >= 11 is 5.81. The molecule has 12 heavy (non-hydrogen) atoms. The first-order valence-electron chi connectivity index (χ1n) is 3.50. The van der Waals surface area contributed by atoms with Gasteiger partial charge in [0.15, 0.2) is 5.15 Å². The third-order valence-electron chi connectivity index (χ3n) is 1.80. The summed E-state index contributed by atoms with van der Waals surface area (Å²) in [6.45, 7) is 0. The molecule has 0 aliphatic carbocycles. The van der Waals surface area contributed by atoms with E-state index in [1.54, 1.807) is 23.9 Å².